The molecule has 6 aromatic rings. The van der Waals surface area contributed by atoms with Gasteiger partial charge in [-0.15, -0.1) is 0 Å². The zero-order valence-corrected chi connectivity index (χ0v) is 25.4. The fourth-order valence-corrected chi connectivity index (χ4v) is 6.93. The molecule has 5 heteroatoms. The highest BCUT2D eigenvalue weighted by Crippen LogP contribution is 2.46. The fraction of sp³-hybridized carbons (Fsp3) is 0.0769. The standard InChI is InChI=1S/C39H32O4S/c1-29-13-25-37(26-14-29)44(40,41)38-27-23-36(24-28-38)43-35-21-17-33(18-22-35)39(30-9-5-3-6-10-30,31-11-7-4-8-12-31)32-15-19-34(42-2)20-16-32/h3-28H,1-2H3. The number of rotatable bonds is 9. The SMILES string of the molecule is COc1ccc(C(c2ccccc2)(c2ccccc2)c2ccc(Oc3ccc(S(=O)(=O)c4ccc(C)cc4)cc3)cc2)cc1. The molecule has 0 amide bonds. The third-order valence-corrected chi connectivity index (χ3v) is 9.71. The highest BCUT2D eigenvalue weighted by Gasteiger charge is 2.38. The Bertz CT molecular complexity index is 1890. The van der Waals surface area contributed by atoms with E-state index in [1.54, 1.807) is 55.6 Å². The fourth-order valence-electron chi connectivity index (χ4n) is 5.67. The van der Waals surface area contributed by atoms with Crippen molar-refractivity contribution < 1.29 is 17.9 Å². The third kappa shape index (κ3) is 5.50. The smallest absolute Gasteiger partial charge is 0.206 e. The molecule has 4 nitrogen and oxygen atoms in total. The van der Waals surface area contributed by atoms with Crippen LogP contribution in [0.4, 0.5) is 0 Å². The molecule has 0 N–H and O–H groups in total. The summed E-state index contributed by atoms with van der Waals surface area (Å²) in [5.41, 5.74) is 4.86. The second-order valence-electron chi connectivity index (χ2n) is 10.6. The normalized spacial score (nSPS) is 11.6. The van der Waals surface area contributed by atoms with Gasteiger partial charge in [0, 0.05) is 0 Å². The summed E-state index contributed by atoms with van der Waals surface area (Å²) in [6, 6.07) is 50.7. The Hall–Kier alpha value is -5.13. The number of ether oxygens (including phenoxy) is 2. The van der Waals surface area contributed by atoms with Crippen LogP contribution in [0, 0.1) is 6.92 Å². The van der Waals surface area contributed by atoms with Crippen molar-refractivity contribution in [1.29, 1.82) is 0 Å². The molecule has 44 heavy (non-hydrogen) atoms. The molecule has 0 aliphatic carbocycles. The van der Waals surface area contributed by atoms with E-state index in [0.717, 1.165) is 33.6 Å². The van der Waals surface area contributed by atoms with Gasteiger partial charge in [-0.2, -0.15) is 0 Å². The highest BCUT2D eigenvalue weighted by atomic mass is 32.2. The molecule has 6 aromatic carbocycles. The summed E-state index contributed by atoms with van der Waals surface area (Å²) in [4.78, 5) is 0.489. The predicted octanol–water partition coefficient (Wildman–Crippen LogP) is 9.01. The Morgan fingerprint density at radius 1 is 0.455 bits per heavy atom. The summed E-state index contributed by atoms with van der Waals surface area (Å²) < 4.78 is 37.8. The van der Waals surface area contributed by atoms with Crippen LogP contribution < -0.4 is 9.47 Å². The number of sulfone groups is 1. The molecule has 0 fully saturated rings. The lowest BCUT2D eigenvalue weighted by atomic mass is 9.65. The van der Waals surface area contributed by atoms with Crippen LogP contribution in [0.15, 0.2) is 168 Å². The van der Waals surface area contributed by atoms with E-state index in [1.807, 2.05) is 43.3 Å². The second-order valence-corrected chi connectivity index (χ2v) is 12.6. The van der Waals surface area contributed by atoms with Crippen LogP contribution in [-0.4, -0.2) is 15.5 Å². The quantitative estimate of drug-likeness (QED) is 0.156. The van der Waals surface area contributed by atoms with Gasteiger partial charge in [0.05, 0.1) is 22.3 Å². The van der Waals surface area contributed by atoms with E-state index in [-0.39, 0.29) is 9.79 Å². The molecule has 0 heterocycles. The predicted molar refractivity (Wildman–Crippen MR) is 174 cm³/mol. The van der Waals surface area contributed by atoms with E-state index in [2.05, 4.69) is 72.8 Å². The molecule has 0 aliphatic rings. The van der Waals surface area contributed by atoms with E-state index in [4.69, 9.17) is 9.47 Å². The summed E-state index contributed by atoms with van der Waals surface area (Å²) in [6.45, 7) is 1.93. The van der Waals surface area contributed by atoms with Crippen LogP contribution >= 0.6 is 0 Å². The third-order valence-electron chi connectivity index (χ3n) is 7.92. The first kappa shape index (κ1) is 29.0. The Morgan fingerprint density at radius 2 is 0.818 bits per heavy atom. The minimum absolute atomic E-state index is 0.221. The molecule has 0 unspecified atom stereocenters. The molecule has 0 aliphatic heterocycles. The number of aryl methyl sites for hydroxylation is 1. The lowest BCUT2D eigenvalue weighted by Gasteiger charge is -2.37. The lowest BCUT2D eigenvalue weighted by molar-refractivity contribution is 0.414. The Morgan fingerprint density at radius 3 is 1.25 bits per heavy atom. The van der Waals surface area contributed by atoms with E-state index in [9.17, 15) is 8.42 Å². The highest BCUT2D eigenvalue weighted by molar-refractivity contribution is 7.91. The van der Waals surface area contributed by atoms with Crippen LogP contribution in [0.1, 0.15) is 27.8 Å². The van der Waals surface area contributed by atoms with Gasteiger partial charge in [0.1, 0.15) is 17.2 Å². The molecular weight excluding hydrogens is 564 g/mol. The average Bonchev–Trinajstić information content (AvgIpc) is 3.08. The largest absolute Gasteiger partial charge is 0.497 e. The maximum Gasteiger partial charge on any atom is 0.206 e. The Kier molecular flexibility index (Phi) is 8.05. The number of hydrogen-bond acceptors (Lipinski definition) is 4. The van der Waals surface area contributed by atoms with E-state index in [1.165, 1.54) is 0 Å². The molecule has 0 saturated heterocycles. The number of benzene rings is 6. The zero-order valence-electron chi connectivity index (χ0n) is 24.6. The first-order valence-electron chi connectivity index (χ1n) is 14.4. The van der Waals surface area contributed by atoms with Gasteiger partial charge in [0.25, 0.3) is 0 Å². The Balaban J connectivity index is 1.36. The monoisotopic (exact) mass is 596 g/mol. The van der Waals surface area contributed by atoms with Gasteiger partial charge < -0.3 is 9.47 Å². The van der Waals surface area contributed by atoms with Crippen LogP contribution in [0.3, 0.4) is 0 Å². The van der Waals surface area contributed by atoms with Gasteiger partial charge in [0.15, 0.2) is 0 Å². The average molecular weight is 597 g/mol. The van der Waals surface area contributed by atoms with Gasteiger partial charge in [-0.05, 0) is 89.8 Å². The van der Waals surface area contributed by atoms with Gasteiger partial charge in [-0.1, -0.05) is 103 Å². The van der Waals surface area contributed by atoms with Crippen LogP contribution in [0.5, 0.6) is 17.2 Å². The lowest BCUT2D eigenvalue weighted by Crippen LogP contribution is -2.30. The summed E-state index contributed by atoms with van der Waals surface area (Å²) in [7, 11) is -1.94. The molecule has 0 spiro atoms. The Labute approximate surface area is 259 Å². The van der Waals surface area contributed by atoms with Crippen LogP contribution in [-0.2, 0) is 15.3 Å². The van der Waals surface area contributed by atoms with E-state index < -0.39 is 15.3 Å². The maximum atomic E-state index is 13.1. The van der Waals surface area contributed by atoms with Crippen LogP contribution in [0.25, 0.3) is 0 Å². The molecule has 0 bridgehead atoms. The molecule has 0 atom stereocenters. The van der Waals surface area contributed by atoms with Crippen molar-refractivity contribution in [2.45, 2.75) is 22.1 Å². The topological polar surface area (TPSA) is 52.6 Å². The van der Waals surface area contributed by atoms with Crippen molar-refractivity contribution >= 4 is 9.84 Å². The first-order chi connectivity index (χ1) is 21.4. The molecule has 0 radical (unpaired) electrons. The summed E-state index contributed by atoms with van der Waals surface area (Å²) in [6.07, 6.45) is 0. The van der Waals surface area contributed by atoms with E-state index >= 15 is 0 Å². The van der Waals surface area contributed by atoms with E-state index in [0.29, 0.717) is 11.5 Å². The molecule has 0 aromatic heterocycles. The maximum absolute atomic E-state index is 13.1. The molecule has 6 rings (SSSR count). The van der Waals surface area contributed by atoms with Gasteiger partial charge in [0.2, 0.25) is 9.84 Å². The number of methoxy groups -OCH3 is 1. The molecular formula is C39H32O4S. The second kappa shape index (κ2) is 12.2. The van der Waals surface area contributed by atoms with Crippen molar-refractivity contribution in [2.24, 2.45) is 0 Å². The first-order valence-corrected chi connectivity index (χ1v) is 15.9. The van der Waals surface area contributed by atoms with Gasteiger partial charge in [-0.25, -0.2) is 8.42 Å². The van der Waals surface area contributed by atoms with Crippen LogP contribution in [0.2, 0.25) is 0 Å². The summed E-state index contributed by atoms with van der Waals surface area (Å²) >= 11 is 0. The van der Waals surface area contributed by atoms with Gasteiger partial charge in [-0.3, -0.25) is 0 Å². The summed E-state index contributed by atoms with van der Waals surface area (Å²) in [5.74, 6) is 1.99. The minimum atomic E-state index is -3.61. The summed E-state index contributed by atoms with van der Waals surface area (Å²) in [5, 5.41) is 0. The minimum Gasteiger partial charge on any atom is -0.497 e. The van der Waals surface area contributed by atoms with Crippen molar-refractivity contribution in [2.75, 3.05) is 7.11 Å². The van der Waals surface area contributed by atoms with Crippen molar-refractivity contribution in [1.82, 2.24) is 0 Å². The molecule has 218 valence electrons. The number of hydrogen-bond donors (Lipinski definition) is 0. The zero-order chi connectivity index (χ0) is 30.6. The van der Waals surface area contributed by atoms with Crippen molar-refractivity contribution in [3.8, 4) is 17.2 Å². The van der Waals surface area contributed by atoms with Crippen molar-refractivity contribution in [3.63, 3.8) is 0 Å². The molecule has 0 saturated carbocycles. The van der Waals surface area contributed by atoms with Crippen molar-refractivity contribution in [3.05, 3.63) is 186 Å². The van der Waals surface area contributed by atoms with Gasteiger partial charge >= 0.3 is 0 Å².